The fourth-order valence-electron chi connectivity index (χ4n) is 5.88. The average molecular weight is 571 g/mol. The van der Waals surface area contributed by atoms with E-state index in [1.165, 1.54) is 4.70 Å². The van der Waals surface area contributed by atoms with Gasteiger partial charge in [-0.3, -0.25) is 4.57 Å². The summed E-state index contributed by atoms with van der Waals surface area (Å²) in [7, 11) is 0. The quantitative estimate of drug-likeness (QED) is 0.211. The molecule has 0 N–H and O–H groups in total. The Labute approximate surface area is 250 Å². The molecule has 5 aromatic carbocycles. The lowest BCUT2D eigenvalue weighted by atomic mass is 10.1. The molecule has 4 aromatic heterocycles. The fourth-order valence-corrected chi connectivity index (χ4v) is 7.06. The maximum absolute atomic E-state index is 6.71. The molecule has 202 valence electrons. The third kappa shape index (κ3) is 3.81. The molecule has 9 aromatic rings. The molecule has 0 spiro atoms. The van der Waals surface area contributed by atoms with Crippen LogP contribution in [0.4, 0.5) is 0 Å². The van der Waals surface area contributed by atoms with Crippen molar-refractivity contribution in [3.8, 4) is 39.9 Å². The van der Waals surface area contributed by atoms with E-state index in [9.17, 15) is 0 Å². The summed E-state index contributed by atoms with van der Waals surface area (Å²) in [6, 6.07) is 45.4. The zero-order valence-corrected chi connectivity index (χ0v) is 23.6. The van der Waals surface area contributed by atoms with Crippen molar-refractivity contribution >= 4 is 53.7 Å². The van der Waals surface area contributed by atoms with Gasteiger partial charge in [-0.15, -0.1) is 11.3 Å². The molecule has 0 aliphatic rings. The first kappa shape index (κ1) is 24.1. The molecule has 0 saturated heterocycles. The zero-order valence-electron chi connectivity index (χ0n) is 22.8. The van der Waals surface area contributed by atoms with E-state index in [1.807, 2.05) is 66.7 Å². The first-order chi connectivity index (χ1) is 21.3. The van der Waals surface area contributed by atoms with Crippen molar-refractivity contribution < 1.29 is 4.42 Å². The van der Waals surface area contributed by atoms with E-state index in [1.54, 1.807) is 11.3 Å². The van der Waals surface area contributed by atoms with Gasteiger partial charge in [0, 0.05) is 37.9 Å². The zero-order chi connectivity index (χ0) is 28.3. The summed E-state index contributed by atoms with van der Waals surface area (Å²) >= 11 is 1.77. The van der Waals surface area contributed by atoms with Gasteiger partial charge in [-0.25, -0.2) is 15.0 Å². The first-order valence-electron chi connectivity index (χ1n) is 14.1. The maximum Gasteiger partial charge on any atom is 0.214 e. The Hall–Kier alpha value is -5.59. The molecule has 0 fully saturated rings. The van der Waals surface area contributed by atoms with Crippen LogP contribution in [-0.2, 0) is 0 Å². The molecule has 4 heterocycles. The number of fused-ring (bicyclic) bond motifs is 7. The molecule has 0 saturated carbocycles. The number of furan rings is 1. The van der Waals surface area contributed by atoms with Gasteiger partial charge in [-0.05, 0) is 42.5 Å². The first-order valence-corrected chi connectivity index (χ1v) is 14.9. The highest BCUT2D eigenvalue weighted by Gasteiger charge is 2.23. The van der Waals surface area contributed by atoms with Crippen LogP contribution in [0.2, 0.25) is 0 Å². The summed E-state index contributed by atoms with van der Waals surface area (Å²) in [6.07, 6.45) is 0. The van der Waals surface area contributed by atoms with E-state index < -0.39 is 0 Å². The normalized spacial score (nSPS) is 11.7. The smallest absolute Gasteiger partial charge is 0.214 e. The summed E-state index contributed by atoms with van der Waals surface area (Å²) in [5, 5.41) is 3.35. The van der Waals surface area contributed by atoms with Gasteiger partial charge in [-0.2, -0.15) is 0 Å². The van der Waals surface area contributed by atoms with Crippen molar-refractivity contribution in [1.29, 1.82) is 0 Å². The molecule has 0 unspecified atom stereocenters. The van der Waals surface area contributed by atoms with Gasteiger partial charge in [0.15, 0.2) is 23.1 Å². The Morgan fingerprint density at radius 2 is 1.12 bits per heavy atom. The minimum Gasteiger partial charge on any atom is -0.438 e. The van der Waals surface area contributed by atoms with E-state index in [2.05, 4.69) is 71.3 Å². The molecular formula is C37H22N4OS. The number of hydrogen-bond acceptors (Lipinski definition) is 5. The molecule has 9 rings (SSSR count). The van der Waals surface area contributed by atoms with Crippen LogP contribution < -0.4 is 0 Å². The molecule has 0 bridgehead atoms. The summed E-state index contributed by atoms with van der Waals surface area (Å²) in [5.41, 5.74) is 6.72. The average Bonchev–Trinajstić information content (AvgIpc) is 3.72. The molecule has 0 aliphatic heterocycles. The lowest BCUT2D eigenvalue weighted by Crippen LogP contribution is -2.00. The maximum atomic E-state index is 6.71. The molecule has 0 aliphatic carbocycles. The van der Waals surface area contributed by atoms with Crippen molar-refractivity contribution in [2.75, 3.05) is 0 Å². The second-order valence-corrected chi connectivity index (χ2v) is 11.5. The Kier molecular flexibility index (Phi) is 5.30. The Bertz CT molecular complexity index is 2380. The molecular weight excluding hydrogens is 549 g/mol. The molecule has 43 heavy (non-hydrogen) atoms. The van der Waals surface area contributed by atoms with Gasteiger partial charge in [0.05, 0.1) is 15.6 Å². The fraction of sp³-hybridized carbons (Fsp3) is 0. The Balaban J connectivity index is 1.34. The third-order valence-corrected chi connectivity index (χ3v) is 9.04. The highest BCUT2D eigenvalue weighted by atomic mass is 32.1. The van der Waals surface area contributed by atoms with Crippen LogP contribution in [0.3, 0.4) is 0 Å². The summed E-state index contributed by atoms with van der Waals surface area (Å²) in [6.45, 7) is 0. The minimum atomic E-state index is 0.631. The monoisotopic (exact) mass is 570 g/mol. The van der Waals surface area contributed by atoms with E-state index in [-0.39, 0.29) is 0 Å². The lowest BCUT2D eigenvalue weighted by Gasteiger charge is -2.09. The minimum absolute atomic E-state index is 0.631. The largest absolute Gasteiger partial charge is 0.438 e. The molecule has 0 amide bonds. The van der Waals surface area contributed by atoms with Crippen LogP contribution in [-0.4, -0.2) is 19.5 Å². The number of nitrogens with zero attached hydrogens (tertiary/aromatic N) is 4. The predicted octanol–water partition coefficient (Wildman–Crippen LogP) is 9.93. The van der Waals surface area contributed by atoms with E-state index >= 15 is 0 Å². The van der Waals surface area contributed by atoms with E-state index in [4.69, 9.17) is 19.4 Å². The van der Waals surface area contributed by atoms with Gasteiger partial charge in [0.25, 0.3) is 0 Å². The summed E-state index contributed by atoms with van der Waals surface area (Å²) < 4.78 is 11.3. The second-order valence-electron chi connectivity index (χ2n) is 10.5. The summed E-state index contributed by atoms with van der Waals surface area (Å²) in [4.78, 5) is 14.8. The number of para-hydroxylation sites is 1. The number of hydrogen-bond donors (Lipinski definition) is 0. The standard InChI is InChI=1S/C37H22N4OS/c1-4-12-23(13-5-1)34-38-35(24-14-6-2-7-15-24)40-36(39-34)25-20-21-29-28(22-25)31-33-32(27-18-10-11-19-30(27)43-33)42-37(31)41(29)26-16-8-3-9-17-26/h1-22H. The van der Waals surface area contributed by atoms with Gasteiger partial charge >= 0.3 is 0 Å². The van der Waals surface area contributed by atoms with E-state index in [0.29, 0.717) is 17.5 Å². The highest BCUT2D eigenvalue weighted by molar-refractivity contribution is 7.26. The van der Waals surface area contributed by atoms with Crippen LogP contribution in [0.1, 0.15) is 0 Å². The van der Waals surface area contributed by atoms with Crippen molar-refractivity contribution in [3.63, 3.8) is 0 Å². The predicted molar refractivity (Wildman–Crippen MR) is 176 cm³/mol. The van der Waals surface area contributed by atoms with Crippen LogP contribution in [0.5, 0.6) is 0 Å². The van der Waals surface area contributed by atoms with Crippen molar-refractivity contribution in [1.82, 2.24) is 19.5 Å². The summed E-state index contributed by atoms with van der Waals surface area (Å²) in [5.74, 6) is 1.92. The van der Waals surface area contributed by atoms with E-state index in [0.717, 1.165) is 60.0 Å². The SMILES string of the molecule is c1ccc(-c2nc(-c3ccccc3)nc(-c3ccc4c(c3)c3c5sc6ccccc6c5oc3n4-c3ccccc3)n2)cc1. The van der Waals surface area contributed by atoms with Crippen molar-refractivity contribution in [3.05, 3.63) is 133 Å². The van der Waals surface area contributed by atoms with Crippen molar-refractivity contribution in [2.24, 2.45) is 0 Å². The lowest BCUT2D eigenvalue weighted by molar-refractivity contribution is 0.649. The van der Waals surface area contributed by atoms with Crippen molar-refractivity contribution in [2.45, 2.75) is 0 Å². The number of thiophene rings is 1. The number of aromatic nitrogens is 4. The van der Waals surface area contributed by atoms with Crippen LogP contribution in [0.15, 0.2) is 138 Å². The topological polar surface area (TPSA) is 56.7 Å². The van der Waals surface area contributed by atoms with Gasteiger partial charge in [0.2, 0.25) is 5.71 Å². The number of rotatable bonds is 4. The van der Waals surface area contributed by atoms with Crippen LogP contribution >= 0.6 is 11.3 Å². The van der Waals surface area contributed by atoms with Crippen LogP contribution in [0.25, 0.3) is 82.2 Å². The van der Waals surface area contributed by atoms with Crippen LogP contribution in [0, 0.1) is 0 Å². The second kappa shape index (κ2) is 9.48. The molecule has 0 radical (unpaired) electrons. The third-order valence-electron chi connectivity index (χ3n) is 7.87. The highest BCUT2D eigenvalue weighted by Crippen LogP contribution is 2.46. The van der Waals surface area contributed by atoms with Gasteiger partial charge in [-0.1, -0.05) is 91.0 Å². The van der Waals surface area contributed by atoms with Gasteiger partial charge < -0.3 is 4.42 Å². The van der Waals surface area contributed by atoms with Gasteiger partial charge in [0.1, 0.15) is 0 Å². The Morgan fingerprint density at radius 3 is 1.79 bits per heavy atom. The number of benzene rings is 5. The molecule has 6 heteroatoms. The molecule has 5 nitrogen and oxygen atoms in total. The molecule has 0 atom stereocenters. The Morgan fingerprint density at radius 1 is 0.535 bits per heavy atom.